The Morgan fingerprint density at radius 1 is 1.00 bits per heavy atom. The number of aromatic amines is 1. The Hall–Kier alpha value is -4.52. The molecule has 0 unspecified atom stereocenters. The van der Waals surface area contributed by atoms with Crippen LogP contribution in [0.4, 0.5) is 0 Å². The Morgan fingerprint density at radius 3 is 2.47 bits per heavy atom. The highest BCUT2D eigenvalue weighted by atomic mass is 16.5. The number of imidazole rings is 1. The highest BCUT2D eigenvalue weighted by Crippen LogP contribution is 2.27. The molecule has 7 nitrogen and oxygen atoms in total. The summed E-state index contributed by atoms with van der Waals surface area (Å²) in [5.74, 6) is -1.58. The molecule has 32 heavy (non-hydrogen) atoms. The fourth-order valence-electron chi connectivity index (χ4n) is 3.23. The smallest absolute Gasteiger partial charge is 0.349 e. The van der Waals surface area contributed by atoms with Crippen molar-refractivity contribution in [1.29, 1.82) is 0 Å². The number of ether oxygens (including phenoxy) is 1. The Morgan fingerprint density at radius 2 is 1.72 bits per heavy atom. The quantitative estimate of drug-likeness (QED) is 0.296. The number of nitrogens with zero attached hydrogens (tertiary/aromatic N) is 1. The van der Waals surface area contributed by atoms with Crippen molar-refractivity contribution in [1.82, 2.24) is 9.55 Å². The number of aromatic nitrogens is 2. The van der Waals surface area contributed by atoms with E-state index in [9.17, 15) is 19.2 Å². The summed E-state index contributed by atoms with van der Waals surface area (Å²) in [6.45, 7) is 1.33. The molecule has 158 valence electrons. The SMILES string of the molecule is CC(=O)C=c1[nH]/c(=C\C=C\c2ccccc2)c(=O)n1/C=C1\C(=O)Oc2ccccc2C1=O. The van der Waals surface area contributed by atoms with E-state index >= 15 is 0 Å². The molecule has 1 N–H and O–H groups in total. The van der Waals surface area contributed by atoms with Crippen LogP contribution in [-0.2, 0) is 9.59 Å². The number of ketones is 2. The minimum Gasteiger partial charge on any atom is -0.422 e. The molecule has 0 amide bonds. The van der Waals surface area contributed by atoms with Crippen molar-refractivity contribution in [2.24, 2.45) is 0 Å². The van der Waals surface area contributed by atoms with Gasteiger partial charge in [0.2, 0.25) is 5.78 Å². The molecule has 3 aromatic rings. The average molecular weight is 426 g/mol. The van der Waals surface area contributed by atoms with Gasteiger partial charge in [0.1, 0.15) is 22.2 Å². The Labute approximate surface area is 182 Å². The lowest BCUT2D eigenvalue weighted by atomic mass is 10.0. The molecule has 0 saturated heterocycles. The van der Waals surface area contributed by atoms with Gasteiger partial charge in [-0.05, 0) is 30.7 Å². The van der Waals surface area contributed by atoms with Crippen molar-refractivity contribution in [2.45, 2.75) is 6.92 Å². The zero-order valence-electron chi connectivity index (χ0n) is 17.1. The summed E-state index contributed by atoms with van der Waals surface area (Å²) in [4.78, 5) is 52.8. The Bertz CT molecular complexity index is 1470. The van der Waals surface area contributed by atoms with E-state index in [1.807, 2.05) is 36.4 Å². The molecule has 0 aliphatic carbocycles. The summed E-state index contributed by atoms with van der Waals surface area (Å²) in [6.07, 6.45) is 7.37. The Kier molecular flexibility index (Phi) is 5.63. The van der Waals surface area contributed by atoms with E-state index in [0.29, 0.717) is 0 Å². The first kappa shape index (κ1) is 20.7. The van der Waals surface area contributed by atoms with E-state index in [1.165, 1.54) is 25.1 Å². The molecule has 0 bridgehead atoms. The van der Waals surface area contributed by atoms with Crippen molar-refractivity contribution in [3.05, 3.63) is 98.6 Å². The zero-order valence-corrected chi connectivity index (χ0v) is 17.1. The summed E-state index contributed by atoms with van der Waals surface area (Å²) in [5.41, 5.74) is 0.462. The lowest BCUT2D eigenvalue weighted by molar-refractivity contribution is -0.130. The second-order valence-electron chi connectivity index (χ2n) is 7.05. The van der Waals surface area contributed by atoms with Gasteiger partial charge in [0.05, 0.1) is 5.56 Å². The van der Waals surface area contributed by atoms with Gasteiger partial charge in [0.25, 0.3) is 5.56 Å². The van der Waals surface area contributed by atoms with Gasteiger partial charge in [0, 0.05) is 12.3 Å². The van der Waals surface area contributed by atoms with Crippen molar-refractivity contribution < 1.29 is 19.1 Å². The normalized spacial score (nSPS) is 16.0. The Balaban J connectivity index is 1.82. The van der Waals surface area contributed by atoms with Gasteiger partial charge in [-0.15, -0.1) is 0 Å². The van der Waals surface area contributed by atoms with Crippen molar-refractivity contribution in [2.75, 3.05) is 0 Å². The molecule has 2 heterocycles. The molecule has 1 aliphatic rings. The molecule has 1 aromatic heterocycles. The van der Waals surface area contributed by atoms with Crippen molar-refractivity contribution >= 4 is 42.0 Å². The van der Waals surface area contributed by atoms with Crippen molar-refractivity contribution in [3.8, 4) is 5.75 Å². The van der Waals surface area contributed by atoms with Gasteiger partial charge in [-0.1, -0.05) is 54.6 Å². The molecule has 7 heteroatoms. The molecule has 2 aromatic carbocycles. The summed E-state index contributed by atoms with van der Waals surface area (Å²) < 4.78 is 6.28. The predicted octanol–water partition coefficient (Wildman–Crippen LogP) is 1.68. The molecule has 0 spiro atoms. The number of nitrogens with one attached hydrogen (secondary N) is 1. The number of hydrogen-bond donors (Lipinski definition) is 1. The second kappa shape index (κ2) is 8.69. The highest BCUT2D eigenvalue weighted by Gasteiger charge is 2.30. The van der Waals surface area contributed by atoms with Gasteiger partial charge >= 0.3 is 5.97 Å². The first-order valence-electron chi connectivity index (χ1n) is 9.78. The molecular weight excluding hydrogens is 408 g/mol. The van der Waals surface area contributed by atoms with Gasteiger partial charge in [-0.25, -0.2) is 4.79 Å². The second-order valence-corrected chi connectivity index (χ2v) is 7.05. The fraction of sp³-hybridized carbons (Fsp3) is 0.0400. The molecule has 0 atom stereocenters. The number of H-pyrrole nitrogens is 1. The topological polar surface area (TPSA) is 98.2 Å². The van der Waals surface area contributed by atoms with E-state index in [0.717, 1.165) is 16.3 Å². The summed E-state index contributed by atoms with van der Waals surface area (Å²) in [5, 5.41) is 0.179. The molecule has 1 aliphatic heterocycles. The standard InChI is InChI=1S/C25H18N2O5/c1-16(28)14-22-26-20(12-7-10-17-8-3-2-4-9-17)24(30)27(22)15-19-23(29)18-11-5-6-13-21(18)32-25(19)31/h2-15,26H,1H3/b10-7+,19-15-,20-12-,22-14?. The number of rotatable bonds is 4. The molecular formula is C25H18N2O5. The maximum atomic E-state index is 13.0. The first-order valence-corrected chi connectivity index (χ1v) is 9.78. The average Bonchev–Trinajstić information content (AvgIpc) is 3.05. The number of allylic oxidation sites excluding steroid dienone is 1. The van der Waals surface area contributed by atoms with Gasteiger partial charge in [-0.3, -0.25) is 19.0 Å². The van der Waals surface area contributed by atoms with Crippen LogP contribution in [0.2, 0.25) is 0 Å². The van der Waals surface area contributed by atoms with Crippen LogP contribution in [0.3, 0.4) is 0 Å². The first-order chi connectivity index (χ1) is 15.4. The maximum absolute atomic E-state index is 13.0. The lowest BCUT2D eigenvalue weighted by Gasteiger charge is -2.16. The minimum atomic E-state index is -0.870. The third kappa shape index (κ3) is 4.17. The maximum Gasteiger partial charge on any atom is 0.349 e. The molecule has 0 radical (unpaired) electrons. The third-order valence-electron chi connectivity index (χ3n) is 4.72. The fourth-order valence-corrected chi connectivity index (χ4v) is 3.23. The summed E-state index contributed by atoms with van der Waals surface area (Å²) in [7, 11) is 0. The van der Waals surface area contributed by atoms with Gasteiger partial charge in [-0.2, -0.15) is 0 Å². The molecule has 4 rings (SSSR count). The van der Waals surface area contributed by atoms with E-state index in [-0.39, 0.29) is 33.5 Å². The van der Waals surface area contributed by atoms with Crippen LogP contribution in [0, 0.1) is 0 Å². The third-order valence-corrected chi connectivity index (χ3v) is 4.72. The number of Topliss-reactive ketones (excluding diaryl/α,β-unsaturated/α-hetero) is 2. The highest BCUT2D eigenvalue weighted by molar-refractivity contribution is 6.29. The number of hydrogen-bond acceptors (Lipinski definition) is 5. The number of carbonyl (C=O) groups is 3. The van der Waals surface area contributed by atoms with Crippen LogP contribution >= 0.6 is 0 Å². The largest absolute Gasteiger partial charge is 0.422 e. The number of carbonyl (C=O) groups excluding carboxylic acids is 3. The zero-order chi connectivity index (χ0) is 22.7. The van der Waals surface area contributed by atoms with Crippen LogP contribution in [0.1, 0.15) is 22.8 Å². The van der Waals surface area contributed by atoms with Crippen LogP contribution in [0.5, 0.6) is 5.75 Å². The number of para-hydroxylation sites is 1. The van der Waals surface area contributed by atoms with Gasteiger partial charge < -0.3 is 9.72 Å². The van der Waals surface area contributed by atoms with Crippen molar-refractivity contribution in [3.63, 3.8) is 0 Å². The molecule has 0 fully saturated rings. The summed E-state index contributed by atoms with van der Waals surface area (Å²) >= 11 is 0. The number of benzene rings is 2. The summed E-state index contributed by atoms with van der Waals surface area (Å²) in [6, 6.07) is 15.9. The lowest BCUT2D eigenvalue weighted by Crippen LogP contribution is -2.31. The van der Waals surface area contributed by atoms with Crippen LogP contribution in [0.25, 0.3) is 24.4 Å². The van der Waals surface area contributed by atoms with Crippen LogP contribution < -0.4 is 21.1 Å². The van der Waals surface area contributed by atoms with Crippen LogP contribution in [0.15, 0.2) is 71.0 Å². The van der Waals surface area contributed by atoms with Crippen LogP contribution in [-0.4, -0.2) is 27.1 Å². The monoisotopic (exact) mass is 426 g/mol. The van der Waals surface area contributed by atoms with Gasteiger partial charge in [0.15, 0.2) is 5.78 Å². The predicted molar refractivity (Wildman–Crippen MR) is 120 cm³/mol. The number of esters is 1. The minimum absolute atomic E-state index is 0.133. The van der Waals surface area contributed by atoms with E-state index in [1.54, 1.807) is 24.3 Å². The van der Waals surface area contributed by atoms with E-state index in [4.69, 9.17) is 4.74 Å². The van der Waals surface area contributed by atoms with E-state index < -0.39 is 17.3 Å². The molecule has 0 saturated carbocycles. The number of fused-ring (bicyclic) bond motifs is 1. The van der Waals surface area contributed by atoms with E-state index in [2.05, 4.69) is 4.98 Å².